The summed E-state index contributed by atoms with van der Waals surface area (Å²) in [6.45, 7) is 3.50. The first-order valence-electron chi connectivity index (χ1n) is 6.20. The van der Waals surface area contributed by atoms with Gasteiger partial charge in [0.25, 0.3) is 5.91 Å². The number of benzene rings is 1. The Kier molecular flexibility index (Phi) is 5.66. The quantitative estimate of drug-likeness (QED) is 0.738. The molecule has 1 aromatic rings. The molecule has 0 saturated heterocycles. The second kappa shape index (κ2) is 7.03. The van der Waals surface area contributed by atoms with E-state index in [0.717, 1.165) is 6.26 Å². The molecule has 114 valence electrons. The van der Waals surface area contributed by atoms with Crippen molar-refractivity contribution in [2.75, 3.05) is 6.26 Å². The summed E-state index contributed by atoms with van der Waals surface area (Å²) in [5, 5.41) is 11.4. The molecule has 1 amide bonds. The highest BCUT2D eigenvalue weighted by atomic mass is 32.2. The van der Waals surface area contributed by atoms with Crippen LogP contribution in [0.15, 0.2) is 41.8 Å². The minimum absolute atomic E-state index is 0.00752. The zero-order valence-electron chi connectivity index (χ0n) is 11.6. The van der Waals surface area contributed by atoms with E-state index in [0.29, 0.717) is 6.42 Å². The highest BCUT2D eigenvalue weighted by Gasteiger charge is 2.20. The number of hydrogen-bond donors (Lipinski definition) is 2. The van der Waals surface area contributed by atoms with E-state index < -0.39 is 27.8 Å². The van der Waals surface area contributed by atoms with E-state index in [-0.39, 0.29) is 16.9 Å². The Balaban J connectivity index is 2.92. The Morgan fingerprint density at radius 2 is 2.10 bits per heavy atom. The van der Waals surface area contributed by atoms with Crippen molar-refractivity contribution >= 4 is 21.7 Å². The fourth-order valence-corrected chi connectivity index (χ4v) is 2.32. The summed E-state index contributed by atoms with van der Waals surface area (Å²) in [6, 6.07) is 4.41. The van der Waals surface area contributed by atoms with E-state index in [4.69, 9.17) is 5.11 Å². The molecule has 1 rings (SSSR count). The average molecular weight is 311 g/mol. The van der Waals surface area contributed by atoms with Gasteiger partial charge in [-0.25, -0.2) is 13.2 Å². The SMILES string of the molecule is C=CCCC(NC(=O)c1cccc(S(C)(=O)=O)c1)C(=O)O. The molecule has 0 saturated carbocycles. The van der Waals surface area contributed by atoms with E-state index >= 15 is 0 Å². The number of nitrogens with one attached hydrogen (secondary N) is 1. The number of carboxylic acid groups (broad SMARTS) is 1. The van der Waals surface area contributed by atoms with Gasteiger partial charge in [-0.2, -0.15) is 0 Å². The number of hydrogen-bond acceptors (Lipinski definition) is 4. The van der Waals surface area contributed by atoms with Crippen molar-refractivity contribution in [2.24, 2.45) is 0 Å². The van der Waals surface area contributed by atoms with Crippen molar-refractivity contribution in [1.82, 2.24) is 5.32 Å². The Hall–Kier alpha value is -2.15. The van der Waals surface area contributed by atoms with Crippen LogP contribution in [0.25, 0.3) is 0 Å². The maximum atomic E-state index is 12.0. The van der Waals surface area contributed by atoms with Crippen LogP contribution in [0.4, 0.5) is 0 Å². The summed E-state index contributed by atoms with van der Waals surface area (Å²) in [4.78, 5) is 23.1. The van der Waals surface area contributed by atoms with Crippen molar-refractivity contribution in [3.8, 4) is 0 Å². The number of sulfone groups is 1. The number of aliphatic carboxylic acids is 1. The molecule has 7 heteroatoms. The van der Waals surface area contributed by atoms with Crippen molar-refractivity contribution in [2.45, 2.75) is 23.8 Å². The first kappa shape index (κ1) is 16.9. The lowest BCUT2D eigenvalue weighted by atomic mass is 10.1. The van der Waals surface area contributed by atoms with E-state index in [9.17, 15) is 18.0 Å². The lowest BCUT2D eigenvalue weighted by Crippen LogP contribution is -2.40. The molecule has 0 aromatic heterocycles. The number of amides is 1. The predicted molar refractivity (Wildman–Crippen MR) is 77.9 cm³/mol. The fraction of sp³-hybridized carbons (Fsp3) is 0.286. The van der Waals surface area contributed by atoms with E-state index in [2.05, 4.69) is 11.9 Å². The molecule has 2 N–H and O–H groups in total. The van der Waals surface area contributed by atoms with Gasteiger partial charge in [-0.15, -0.1) is 6.58 Å². The molecule has 1 atom stereocenters. The van der Waals surface area contributed by atoms with Crippen LogP contribution in [-0.2, 0) is 14.6 Å². The van der Waals surface area contributed by atoms with Gasteiger partial charge >= 0.3 is 5.97 Å². The second-order valence-corrected chi connectivity index (χ2v) is 6.55. The first-order chi connectivity index (χ1) is 9.75. The van der Waals surface area contributed by atoms with Gasteiger partial charge in [-0.05, 0) is 31.0 Å². The van der Waals surface area contributed by atoms with Crippen molar-refractivity contribution in [3.05, 3.63) is 42.5 Å². The maximum absolute atomic E-state index is 12.0. The summed E-state index contributed by atoms with van der Waals surface area (Å²) >= 11 is 0. The topological polar surface area (TPSA) is 101 Å². The van der Waals surface area contributed by atoms with Gasteiger partial charge in [0.1, 0.15) is 6.04 Å². The molecule has 0 spiro atoms. The normalized spacial score (nSPS) is 12.4. The van der Waals surface area contributed by atoms with Crippen LogP contribution in [0.5, 0.6) is 0 Å². The fourth-order valence-electron chi connectivity index (χ4n) is 1.65. The van der Waals surface area contributed by atoms with Crippen LogP contribution in [0, 0.1) is 0 Å². The van der Waals surface area contributed by atoms with Crippen LogP contribution in [-0.4, -0.2) is 37.7 Å². The third-order valence-electron chi connectivity index (χ3n) is 2.79. The Bertz CT molecular complexity index is 651. The van der Waals surface area contributed by atoms with Crippen LogP contribution in [0.3, 0.4) is 0 Å². The zero-order valence-corrected chi connectivity index (χ0v) is 12.4. The lowest BCUT2D eigenvalue weighted by molar-refractivity contribution is -0.139. The van der Waals surface area contributed by atoms with Gasteiger partial charge in [-0.1, -0.05) is 12.1 Å². The molecular formula is C14H17NO5S. The number of carbonyl (C=O) groups is 2. The average Bonchev–Trinajstić information content (AvgIpc) is 2.42. The molecule has 0 aliphatic carbocycles. The Morgan fingerprint density at radius 1 is 1.43 bits per heavy atom. The third-order valence-corrected chi connectivity index (χ3v) is 3.90. The van der Waals surface area contributed by atoms with Gasteiger partial charge in [0.05, 0.1) is 4.90 Å². The highest BCUT2D eigenvalue weighted by molar-refractivity contribution is 7.90. The van der Waals surface area contributed by atoms with Gasteiger partial charge in [0, 0.05) is 11.8 Å². The van der Waals surface area contributed by atoms with E-state index in [1.54, 1.807) is 6.08 Å². The highest BCUT2D eigenvalue weighted by Crippen LogP contribution is 2.12. The van der Waals surface area contributed by atoms with Crippen molar-refractivity contribution < 1.29 is 23.1 Å². The van der Waals surface area contributed by atoms with Crippen LogP contribution in [0.1, 0.15) is 23.2 Å². The Labute approximate surface area is 123 Å². The third kappa shape index (κ3) is 5.03. The largest absolute Gasteiger partial charge is 0.480 e. The number of carboxylic acids is 1. The zero-order chi connectivity index (χ0) is 16.0. The minimum atomic E-state index is -3.43. The minimum Gasteiger partial charge on any atom is -0.480 e. The van der Waals surface area contributed by atoms with Gasteiger partial charge < -0.3 is 10.4 Å². The predicted octanol–water partition coefficient (Wildman–Crippen LogP) is 1.24. The standard InChI is InChI=1S/C14H17NO5S/c1-3-4-8-12(14(17)18)15-13(16)10-6-5-7-11(9-10)21(2,19)20/h3,5-7,9,12H,1,4,8H2,2H3,(H,15,16)(H,17,18). The summed E-state index contributed by atoms with van der Waals surface area (Å²) < 4.78 is 22.9. The molecule has 0 radical (unpaired) electrons. The molecule has 0 aliphatic rings. The number of carbonyl (C=O) groups excluding carboxylic acids is 1. The lowest BCUT2D eigenvalue weighted by Gasteiger charge is -2.13. The molecule has 0 heterocycles. The smallest absolute Gasteiger partial charge is 0.326 e. The number of rotatable bonds is 7. The molecular weight excluding hydrogens is 294 g/mol. The second-order valence-electron chi connectivity index (χ2n) is 4.53. The molecule has 6 nitrogen and oxygen atoms in total. The maximum Gasteiger partial charge on any atom is 0.326 e. The van der Waals surface area contributed by atoms with Gasteiger partial charge in [-0.3, -0.25) is 4.79 Å². The monoisotopic (exact) mass is 311 g/mol. The van der Waals surface area contributed by atoms with E-state index in [1.807, 2.05) is 0 Å². The van der Waals surface area contributed by atoms with Crippen LogP contribution in [0.2, 0.25) is 0 Å². The van der Waals surface area contributed by atoms with Crippen LogP contribution >= 0.6 is 0 Å². The van der Waals surface area contributed by atoms with Crippen molar-refractivity contribution in [1.29, 1.82) is 0 Å². The van der Waals surface area contributed by atoms with Crippen molar-refractivity contribution in [3.63, 3.8) is 0 Å². The Morgan fingerprint density at radius 3 is 2.62 bits per heavy atom. The summed E-state index contributed by atoms with van der Waals surface area (Å²) in [5.41, 5.74) is 0.0998. The van der Waals surface area contributed by atoms with Gasteiger partial charge in [0.2, 0.25) is 0 Å². The first-order valence-corrected chi connectivity index (χ1v) is 8.09. The summed E-state index contributed by atoms with van der Waals surface area (Å²) in [7, 11) is -3.43. The molecule has 1 unspecified atom stereocenters. The molecule has 1 aromatic carbocycles. The van der Waals surface area contributed by atoms with Crippen LogP contribution < -0.4 is 5.32 Å². The number of allylic oxidation sites excluding steroid dienone is 1. The van der Waals surface area contributed by atoms with Gasteiger partial charge in [0.15, 0.2) is 9.84 Å². The molecule has 21 heavy (non-hydrogen) atoms. The molecule has 0 bridgehead atoms. The molecule has 0 fully saturated rings. The summed E-state index contributed by atoms with van der Waals surface area (Å²) in [6.07, 6.45) is 3.26. The summed E-state index contributed by atoms with van der Waals surface area (Å²) in [5.74, 6) is -1.78. The van der Waals surface area contributed by atoms with E-state index in [1.165, 1.54) is 24.3 Å². The molecule has 0 aliphatic heterocycles.